The summed E-state index contributed by atoms with van der Waals surface area (Å²) in [4.78, 5) is 2.26. The van der Waals surface area contributed by atoms with E-state index in [9.17, 15) is 0 Å². The van der Waals surface area contributed by atoms with Crippen molar-refractivity contribution in [2.45, 2.75) is 52.7 Å². The molecular weight excluding hydrogens is 248 g/mol. The van der Waals surface area contributed by atoms with Crippen molar-refractivity contribution in [1.29, 1.82) is 0 Å². The van der Waals surface area contributed by atoms with Gasteiger partial charge < -0.3 is 15.0 Å². The topological polar surface area (TPSA) is 24.5 Å². The fourth-order valence-corrected chi connectivity index (χ4v) is 2.07. The number of anilines is 1. The molecule has 0 fully saturated rings. The van der Waals surface area contributed by atoms with Crippen LogP contribution in [0.5, 0.6) is 0 Å². The first-order valence-electron chi connectivity index (χ1n) is 7.31. The van der Waals surface area contributed by atoms with Crippen molar-refractivity contribution in [3.8, 4) is 0 Å². The number of nitrogens with one attached hydrogen (secondary N) is 1. The summed E-state index contributed by atoms with van der Waals surface area (Å²) in [6.45, 7) is 12.6. The van der Waals surface area contributed by atoms with Gasteiger partial charge in [-0.15, -0.1) is 0 Å². The Morgan fingerprint density at radius 1 is 1.30 bits per heavy atom. The summed E-state index contributed by atoms with van der Waals surface area (Å²) in [5.41, 5.74) is 4.08. The zero-order valence-electron chi connectivity index (χ0n) is 14.1. The summed E-state index contributed by atoms with van der Waals surface area (Å²) in [5, 5.41) is 3.54. The highest BCUT2D eigenvalue weighted by Crippen LogP contribution is 2.20. The number of rotatable bonds is 6. The second-order valence-corrected chi connectivity index (χ2v) is 6.63. The van der Waals surface area contributed by atoms with Crippen LogP contribution in [0.25, 0.3) is 0 Å². The molecule has 1 atom stereocenters. The van der Waals surface area contributed by atoms with Gasteiger partial charge in [-0.25, -0.2) is 0 Å². The summed E-state index contributed by atoms with van der Waals surface area (Å²) in [5.74, 6) is 0. The highest BCUT2D eigenvalue weighted by atomic mass is 16.5. The number of benzene rings is 1. The van der Waals surface area contributed by atoms with Gasteiger partial charge in [0.1, 0.15) is 0 Å². The van der Waals surface area contributed by atoms with Crippen molar-refractivity contribution in [3.05, 3.63) is 29.3 Å². The van der Waals surface area contributed by atoms with Gasteiger partial charge in [0.05, 0.1) is 6.61 Å². The molecule has 0 aliphatic rings. The fourth-order valence-electron chi connectivity index (χ4n) is 2.07. The lowest BCUT2D eigenvalue weighted by molar-refractivity contribution is 0.183. The average Bonchev–Trinajstić information content (AvgIpc) is 2.35. The first kappa shape index (κ1) is 17.0. The lowest BCUT2D eigenvalue weighted by atomic mass is 10.0. The van der Waals surface area contributed by atoms with Gasteiger partial charge in [-0.2, -0.15) is 0 Å². The number of ether oxygens (including phenoxy) is 1. The van der Waals surface area contributed by atoms with E-state index in [1.807, 2.05) is 0 Å². The molecule has 0 aromatic heterocycles. The predicted molar refractivity (Wildman–Crippen MR) is 87.5 cm³/mol. The second-order valence-electron chi connectivity index (χ2n) is 6.63. The van der Waals surface area contributed by atoms with E-state index in [2.05, 4.69) is 70.1 Å². The Hall–Kier alpha value is -1.06. The van der Waals surface area contributed by atoms with Crippen LogP contribution in [0.15, 0.2) is 18.2 Å². The van der Waals surface area contributed by atoms with Gasteiger partial charge in [-0.3, -0.25) is 0 Å². The number of methoxy groups -OCH3 is 1. The second kappa shape index (κ2) is 7.09. The summed E-state index contributed by atoms with van der Waals surface area (Å²) >= 11 is 0. The molecule has 0 saturated heterocycles. The van der Waals surface area contributed by atoms with Crippen LogP contribution >= 0.6 is 0 Å². The highest BCUT2D eigenvalue weighted by Gasteiger charge is 2.12. The molecule has 0 bridgehead atoms. The van der Waals surface area contributed by atoms with E-state index in [1.165, 1.54) is 16.8 Å². The van der Waals surface area contributed by atoms with Crippen molar-refractivity contribution < 1.29 is 4.74 Å². The zero-order chi connectivity index (χ0) is 15.3. The average molecular weight is 278 g/mol. The Kier molecular flexibility index (Phi) is 6.03. The lowest BCUT2D eigenvalue weighted by Gasteiger charge is -2.27. The van der Waals surface area contributed by atoms with Gasteiger partial charge >= 0.3 is 0 Å². The SMILES string of the molecule is COCC(C)N(C)c1ccc(CNC(C)(C)C)c(C)c1. The van der Waals surface area contributed by atoms with Crippen molar-refractivity contribution in [1.82, 2.24) is 5.32 Å². The van der Waals surface area contributed by atoms with Crippen molar-refractivity contribution in [3.63, 3.8) is 0 Å². The van der Waals surface area contributed by atoms with Gasteiger partial charge in [0.2, 0.25) is 0 Å². The molecule has 114 valence electrons. The molecule has 0 aliphatic carbocycles. The van der Waals surface area contributed by atoms with Crippen LogP contribution in [0, 0.1) is 6.92 Å². The maximum atomic E-state index is 5.22. The molecular formula is C17H30N2O. The third-order valence-corrected chi connectivity index (χ3v) is 3.61. The molecule has 1 unspecified atom stereocenters. The summed E-state index contributed by atoms with van der Waals surface area (Å²) in [6, 6.07) is 7.04. The first-order valence-corrected chi connectivity index (χ1v) is 7.31. The molecule has 0 spiro atoms. The minimum absolute atomic E-state index is 0.148. The Balaban J connectivity index is 2.77. The maximum absolute atomic E-state index is 5.22. The monoisotopic (exact) mass is 278 g/mol. The van der Waals surface area contributed by atoms with Crippen LogP contribution in [0.2, 0.25) is 0 Å². The number of nitrogens with zero attached hydrogens (tertiary/aromatic N) is 1. The number of hydrogen-bond acceptors (Lipinski definition) is 3. The Morgan fingerprint density at radius 3 is 2.45 bits per heavy atom. The number of hydrogen-bond donors (Lipinski definition) is 1. The Morgan fingerprint density at radius 2 is 1.95 bits per heavy atom. The van der Waals surface area contributed by atoms with Crippen LogP contribution in [0.4, 0.5) is 5.69 Å². The summed E-state index contributed by atoms with van der Waals surface area (Å²) in [6.07, 6.45) is 0. The van der Waals surface area contributed by atoms with E-state index in [1.54, 1.807) is 7.11 Å². The van der Waals surface area contributed by atoms with Gasteiger partial charge in [0.15, 0.2) is 0 Å². The highest BCUT2D eigenvalue weighted by molar-refractivity contribution is 5.51. The predicted octanol–water partition coefficient (Wildman–Crippen LogP) is 3.35. The van der Waals surface area contributed by atoms with Crippen LogP contribution in [-0.2, 0) is 11.3 Å². The van der Waals surface area contributed by atoms with E-state index in [0.29, 0.717) is 6.04 Å². The molecule has 20 heavy (non-hydrogen) atoms. The molecule has 1 N–H and O–H groups in total. The normalized spacial score (nSPS) is 13.3. The number of likely N-dealkylation sites (N-methyl/N-ethyl adjacent to an activating group) is 1. The third-order valence-electron chi connectivity index (χ3n) is 3.61. The standard InChI is InChI=1S/C17H30N2O/c1-13-10-16(19(6)14(2)12-20-7)9-8-15(13)11-18-17(3,4)5/h8-10,14,18H,11-12H2,1-7H3. The molecule has 3 heteroatoms. The molecule has 0 amide bonds. The van der Waals surface area contributed by atoms with Crippen LogP contribution in [-0.4, -0.2) is 32.3 Å². The van der Waals surface area contributed by atoms with Crippen LogP contribution < -0.4 is 10.2 Å². The first-order chi connectivity index (χ1) is 9.24. The minimum Gasteiger partial charge on any atom is -0.383 e. The zero-order valence-corrected chi connectivity index (χ0v) is 14.1. The molecule has 1 aromatic carbocycles. The molecule has 0 radical (unpaired) electrons. The quantitative estimate of drug-likeness (QED) is 0.863. The minimum atomic E-state index is 0.148. The van der Waals surface area contributed by atoms with Crippen molar-refractivity contribution >= 4 is 5.69 Å². The smallest absolute Gasteiger partial charge is 0.0663 e. The molecule has 1 aromatic rings. The van der Waals surface area contributed by atoms with Crippen LogP contribution in [0.3, 0.4) is 0 Å². The van der Waals surface area contributed by atoms with E-state index >= 15 is 0 Å². The van der Waals surface area contributed by atoms with E-state index < -0.39 is 0 Å². The van der Waals surface area contributed by atoms with Crippen LogP contribution in [0.1, 0.15) is 38.8 Å². The molecule has 1 rings (SSSR count). The van der Waals surface area contributed by atoms with E-state index in [4.69, 9.17) is 4.74 Å². The Labute approximate surface area is 124 Å². The Bertz CT molecular complexity index is 423. The van der Waals surface area contributed by atoms with Gasteiger partial charge in [-0.1, -0.05) is 6.07 Å². The fraction of sp³-hybridized carbons (Fsp3) is 0.647. The third kappa shape index (κ3) is 5.14. The summed E-state index contributed by atoms with van der Waals surface area (Å²) < 4.78 is 5.22. The van der Waals surface area contributed by atoms with E-state index in [-0.39, 0.29) is 5.54 Å². The largest absolute Gasteiger partial charge is 0.383 e. The lowest BCUT2D eigenvalue weighted by Crippen LogP contribution is -2.35. The number of aryl methyl sites for hydroxylation is 1. The maximum Gasteiger partial charge on any atom is 0.0663 e. The van der Waals surface area contributed by atoms with Crippen molar-refractivity contribution in [2.75, 3.05) is 25.7 Å². The van der Waals surface area contributed by atoms with E-state index in [0.717, 1.165) is 13.2 Å². The molecule has 0 aliphatic heterocycles. The molecule has 0 saturated carbocycles. The van der Waals surface area contributed by atoms with Gasteiger partial charge in [-0.05, 0) is 57.9 Å². The summed E-state index contributed by atoms with van der Waals surface area (Å²) in [7, 11) is 3.86. The molecule has 3 nitrogen and oxygen atoms in total. The van der Waals surface area contributed by atoms with Crippen molar-refractivity contribution in [2.24, 2.45) is 0 Å². The molecule has 0 heterocycles. The van der Waals surface area contributed by atoms with Gasteiger partial charge in [0, 0.05) is 38.0 Å². The van der Waals surface area contributed by atoms with Gasteiger partial charge in [0.25, 0.3) is 0 Å².